The van der Waals surface area contributed by atoms with Crippen LogP contribution in [-0.2, 0) is 0 Å². The summed E-state index contributed by atoms with van der Waals surface area (Å²) in [5.41, 5.74) is 7.16. The maximum absolute atomic E-state index is 11.4. The summed E-state index contributed by atoms with van der Waals surface area (Å²) in [5.74, 6) is -0.481. The van der Waals surface area contributed by atoms with E-state index in [0.29, 0.717) is 16.3 Å². The zero-order valence-electron chi connectivity index (χ0n) is 8.53. The van der Waals surface area contributed by atoms with E-state index in [4.69, 9.17) is 17.3 Å². The molecule has 5 heteroatoms. The molecule has 82 valence electrons. The Labute approximate surface area is 102 Å². The van der Waals surface area contributed by atoms with Gasteiger partial charge < -0.3 is 5.73 Å². The number of thiophene rings is 1. The average Bonchev–Trinajstić information content (AvgIpc) is 2.63. The second-order valence-corrected chi connectivity index (χ2v) is 4.64. The third kappa shape index (κ3) is 1.81. The molecule has 0 aliphatic carbocycles. The number of nitrogens with two attached hydrogens (primary N) is 1. The van der Waals surface area contributed by atoms with Crippen molar-refractivity contribution in [2.24, 2.45) is 5.73 Å². The molecule has 3 nitrogen and oxygen atoms in total. The van der Waals surface area contributed by atoms with Crippen LogP contribution in [0.3, 0.4) is 0 Å². The van der Waals surface area contributed by atoms with Gasteiger partial charge in [-0.05, 0) is 30.0 Å². The van der Waals surface area contributed by atoms with Crippen molar-refractivity contribution < 1.29 is 4.79 Å². The molecule has 0 aliphatic heterocycles. The summed E-state index contributed by atoms with van der Waals surface area (Å²) in [4.78, 5) is 16.4. The Morgan fingerprint density at radius 3 is 2.81 bits per heavy atom. The highest BCUT2D eigenvalue weighted by Gasteiger charge is 2.17. The van der Waals surface area contributed by atoms with E-state index in [0.717, 1.165) is 10.4 Å². The molecule has 2 aromatic rings. The normalized spacial score (nSPS) is 10.4. The lowest BCUT2D eigenvalue weighted by Gasteiger charge is -2.07. The lowest BCUT2D eigenvalue weighted by atomic mass is 10.1. The topological polar surface area (TPSA) is 56.0 Å². The minimum absolute atomic E-state index is 0.437. The third-order valence-electron chi connectivity index (χ3n) is 2.24. The van der Waals surface area contributed by atoms with Crippen molar-refractivity contribution >= 4 is 28.8 Å². The first kappa shape index (κ1) is 11.1. The van der Waals surface area contributed by atoms with Crippen LogP contribution >= 0.6 is 22.9 Å². The molecule has 0 aliphatic rings. The Bertz CT molecular complexity index is 551. The number of primary amides is 1. The molecule has 2 aromatic heterocycles. The lowest BCUT2D eigenvalue weighted by Crippen LogP contribution is -2.14. The molecule has 0 saturated heterocycles. The molecular formula is C11H9ClN2OS. The van der Waals surface area contributed by atoms with Gasteiger partial charge in [0.1, 0.15) is 0 Å². The molecule has 1 amide bonds. The van der Waals surface area contributed by atoms with Crippen LogP contribution in [0.1, 0.15) is 15.9 Å². The van der Waals surface area contributed by atoms with Crippen LogP contribution < -0.4 is 5.73 Å². The maximum Gasteiger partial charge on any atom is 0.251 e. The Morgan fingerprint density at radius 1 is 1.50 bits per heavy atom. The monoisotopic (exact) mass is 252 g/mol. The van der Waals surface area contributed by atoms with E-state index in [1.807, 2.05) is 12.3 Å². The van der Waals surface area contributed by atoms with Gasteiger partial charge in [0.05, 0.1) is 21.2 Å². The van der Waals surface area contributed by atoms with Gasteiger partial charge in [0.25, 0.3) is 5.91 Å². The molecule has 2 N–H and O–H groups in total. The second-order valence-electron chi connectivity index (χ2n) is 3.31. The molecule has 16 heavy (non-hydrogen) atoms. The van der Waals surface area contributed by atoms with Crippen molar-refractivity contribution in [2.75, 3.05) is 0 Å². The molecule has 0 unspecified atom stereocenters. The van der Waals surface area contributed by atoms with E-state index in [1.54, 1.807) is 18.3 Å². The zero-order chi connectivity index (χ0) is 11.7. The van der Waals surface area contributed by atoms with Crippen LogP contribution in [0, 0.1) is 6.92 Å². The van der Waals surface area contributed by atoms with E-state index in [2.05, 4.69) is 4.98 Å². The van der Waals surface area contributed by atoms with Gasteiger partial charge in [0, 0.05) is 6.20 Å². The minimum Gasteiger partial charge on any atom is -0.366 e. The fraction of sp³-hybridized carbons (Fsp3) is 0.0909. The van der Waals surface area contributed by atoms with E-state index in [9.17, 15) is 4.79 Å². The standard InChI is InChI=1S/C11H9ClN2OS/c1-6-2-4-14-9(8(6)11(13)15)10-7(12)3-5-16-10/h2-5H,1H3,(H2,13,15). The lowest BCUT2D eigenvalue weighted by molar-refractivity contribution is 0.1000. The van der Waals surface area contributed by atoms with E-state index in [1.165, 1.54) is 11.3 Å². The number of pyridine rings is 1. The van der Waals surface area contributed by atoms with Crippen LogP contribution in [-0.4, -0.2) is 10.9 Å². The number of carbonyl (C=O) groups is 1. The van der Waals surface area contributed by atoms with Gasteiger partial charge in [-0.15, -0.1) is 11.3 Å². The van der Waals surface area contributed by atoms with Gasteiger partial charge in [0.2, 0.25) is 0 Å². The molecule has 0 bridgehead atoms. The summed E-state index contributed by atoms with van der Waals surface area (Å²) in [6, 6.07) is 3.53. The van der Waals surface area contributed by atoms with Gasteiger partial charge in [-0.3, -0.25) is 9.78 Å². The average molecular weight is 253 g/mol. The Morgan fingerprint density at radius 2 is 2.25 bits per heavy atom. The van der Waals surface area contributed by atoms with Crippen LogP contribution in [0.5, 0.6) is 0 Å². The molecule has 0 fully saturated rings. The third-order valence-corrected chi connectivity index (χ3v) is 3.59. The van der Waals surface area contributed by atoms with Gasteiger partial charge in [0.15, 0.2) is 0 Å². The highest BCUT2D eigenvalue weighted by molar-refractivity contribution is 7.14. The highest BCUT2D eigenvalue weighted by atomic mass is 35.5. The number of amides is 1. The van der Waals surface area contributed by atoms with E-state index < -0.39 is 5.91 Å². The molecule has 2 heterocycles. The smallest absolute Gasteiger partial charge is 0.251 e. The Kier molecular flexibility index (Phi) is 2.94. The first-order chi connectivity index (χ1) is 7.61. The predicted molar refractivity (Wildman–Crippen MR) is 65.8 cm³/mol. The predicted octanol–water partition coefficient (Wildman–Crippen LogP) is 2.87. The summed E-state index contributed by atoms with van der Waals surface area (Å²) in [7, 11) is 0. The number of carbonyl (C=O) groups excluding carboxylic acids is 1. The summed E-state index contributed by atoms with van der Waals surface area (Å²) in [5, 5.41) is 2.44. The van der Waals surface area contributed by atoms with Gasteiger partial charge in [-0.1, -0.05) is 11.6 Å². The van der Waals surface area contributed by atoms with Gasteiger partial charge in [-0.2, -0.15) is 0 Å². The van der Waals surface area contributed by atoms with Crippen molar-refractivity contribution in [3.8, 4) is 10.6 Å². The Hall–Kier alpha value is -1.39. The number of nitrogens with zero attached hydrogens (tertiary/aromatic N) is 1. The van der Waals surface area contributed by atoms with Crippen LogP contribution in [0.4, 0.5) is 0 Å². The van der Waals surface area contributed by atoms with Crippen molar-refractivity contribution in [1.82, 2.24) is 4.98 Å². The molecule has 0 saturated carbocycles. The summed E-state index contributed by atoms with van der Waals surface area (Å²) in [6.07, 6.45) is 1.65. The molecule has 0 spiro atoms. The maximum atomic E-state index is 11.4. The number of hydrogen-bond acceptors (Lipinski definition) is 3. The minimum atomic E-state index is -0.481. The van der Waals surface area contributed by atoms with Gasteiger partial charge in [-0.25, -0.2) is 0 Å². The molecule has 0 aromatic carbocycles. The summed E-state index contributed by atoms with van der Waals surface area (Å²) >= 11 is 7.46. The van der Waals surface area contributed by atoms with Crippen molar-refractivity contribution in [3.05, 3.63) is 39.9 Å². The fourth-order valence-corrected chi connectivity index (χ4v) is 2.65. The van der Waals surface area contributed by atoms with Crippen molar-refractivity contribution in [3.63, 3.8) is 0 Å². The highest BCUT2D eigenvalue weighted by Crippen LogP contribution is 2.34. The molecule has 2 rings (SSSR count). The SMILES string of the molecule is Cc1ccnc(-c2sccc2Cl)c1C(N)=O. The number of aromatic nitrogens is 1. The first-order valence-electron chi connectivity index (χ1n) is 4.60. The van der Waals surface area contributed by atoms with E-state index >= 15 is 0 Å². The zero-order valence-corrected chi connectivity index (χ0v) is 10.1. The van der Waals surface area contributed by atoms with Crippen molar-refractivity contribution in [1.29, 1.82) is 0 Å². The quantitative estimate of drug-likeness (QED) is 0.894. The van der Waals surface area contributed by atoms with Crippen LogP contribution in [0.2, 0.25) is 5.02 Å². The molecule has 0 atom stereocenters. The second kappa shape index (κ2) is 4.23. The van der Waals surface area contributed by atoms with Gasteiger partial charge >= 0.3 is 0 Å². The summed E-state index contributed by atoms with van der Waals surface area (Å²) in [6.45, 7) is 1.83. The van der Waals surface area contributed by atoms with Crippen LogP contribution in [0.25, 0.3) is 10.6 Å². The Balaban J connectivity index is 2.70. The largest absolute Gasteiger partial charge is 0.366 e. The first-order valence-corrected chi connectivity index (χ1v) is 5.86. The number of aryl methyl sites for hydroxylation is 1. The number of hydrogen-bond donors (Lipinski definition) is 1. The number of halogens is 1. The molecule has 0 radical (unpaired) electrons. The number of rotatable bonds is 2. The summed E-state index contributed by atoms with van der Waals surface area (Å²) < 4.78 is 0. The fourth-order valence-electron chi connectivity index (χ4n) is 1.50. The van der Waals surface area contributed by atoms with E-state index in [-0.39, 0.29) is 0 Å². The molecular weight excluding hydrogens is 244 g/mol. The van der Waals surface area contributed by atoms with Crippen LogP contribution in [0.15, 0.2) is 23.7 Å². The van der Waals surface area contributed by atoms with Crippen molar-refractivity contribution in [2.45, 2.75) is 6.92 Å².